The molecular weight excluding hydrogens is 312 g/mol. The van der Waals surface area contributed by atoms with Crippen LogP contribution >= 0.6 is 0 Å². The van der Waals surface area contributed by atoms with Crippen molar-refractivity contribution in [1.29, 1.82) is 0 Å². The highest BCUT2D eigenvalue weighted by atomic mass is 19.1. The van der Waals surface area contributed by atoms with E-state index in [0.29, 0.717) is 25.0 Å². The highest BCUT2D eigenvalue weighted by molar-refractivity contribution is 5.98. The zero-order chi connectivity index (χ0) is 16.6. The number of halogens is 4. The van der Waals surface area contributed by atoms with Gasteiger partial charge in [0.2, 0.25) is 5.91 Å². The lowest BCUT2D eigenvalue weighted by Crippen LogP contribution is -2.38. The lowest BCUT2D eigenvalue weighted by atomic mass is 10.2. The second kappa shape index (κ2) is 5.91. The third-order valence-corrected chi connectivity index (χ3v) is 3.46. The maximum atomic E-state index is 14.0. The summed E-state index contributed by atoms with van der Waals surface area (Å²) in [6.45, 7) is 0. The Morgan fingerprint density at radius 2 is 1.57 bits per heavy atom. The van der Waals surface area contributed by atoms with E-state index in [-0.39, 0.29) is 17.3 Å². The molecule has 2 aromatic rings. The largest absolute Gasteiger partial charge is 0.288 e. The molecule has 1 aliphatic carbocycles. The number of nitrogens with one attached hydrogen (secondary N) is 1. The van der Waals surface area contributed by atoms with Crippen molar-refractivity contribution in [2.75, 3.05) is 10.4 Å². The predicted molar refractivity (Wildman–Crippen MR) is 76.5 cm³/mol. The van der Waals surface area contributed by atoms with E-state index in [0.717, 1.165) is 29.3 Å². The summed E-state index contributed by atoms with van der Waals surface area (Å²) in [5.41, 5.74) is 2.03. The zero-order valence-electron chi connectivity index (χ0n) is 11.8. The number of carbonyl (C=O) groups is 1. The van der Waals surface area contributed by atoms with Gasteiger partial charge in [0.25, 0.3) is 0 Å². The van der Waals surface area contributed by atoms with Crippen LogP contribution in [0.5, 0.6) is 0 Å². The molecule has 3 nitrogen and oxygen atoms in total. The van der Waals surface area contributed by atoms with Crippen LogP contribution in [0.2, 0.25) is 0 Å². The highest BCUT2D eigenvalue weighted by Gasteiger charge is 2.35. The summed E-state index contributed by atoms with van der Waals surface area (Å²) in [5, 5.41) is 0.836. The normalized spacial score (nSPS) is 13.7. The summed E-state index contributed by atoms with van der Waals surface area (Å²) in [4.78, 5) is 12.3. The Hall–Kier alpha value is -2.57. The lowest BCUT2D eigenvalue weighted by molar-refractivity contribution is -0.119. The number of anilines is 2. The molecule has 3 rings (SSSR count). The van der Waals surface area contributed by atoms with Crippen LogP contribution in [-0.4, -0.2) is 5.91 Å². The van der Waals surface area contributed by atoms with Crippen LogP contribution < -0.4 is 10.4 Å². The monoisotopic (exact) mass is 324 g/mol. The van der Waals surface area contributed by atoms with Gasteiger partial charge in [0.15, 0.2) is 11.6 Å². The molecule has 1 fully saturated rings. The van der Waals surface area contributed by atoms with Crippen molar-refractivity contribution in [3.63, 3.8) is 0 Å². The van der Waals surface area contributed by atoms with Crippen LogP contribution in [0.3, 0.4) is 0 Å². The zero-order valence-corrected chi connectivity index (χ0v) is 11.8. The topological polar surface area (TPSA) is 32.3 Å². The molecule has 0 bridgehead atoms. The minimum atomic E-state index is -0.964. The summed E-state index contributed by atoms with van der Waals surface area (Å²) >= 11 is 0. The van der Waals surface area contributed by atoms with Crippen molar-refractivity contribution in [2.45, 2.75) is 12.8 Å². The van der Waals surface area contributed by atoms with Gasteiger partial charge in [-0.15, -0.1) is 0 Å². The molecule has 0 aromatic heterocycles. The first kappa shape index (κ1) is 15.3. The molecule has 1 N–H and O–H groups in total. The van der Waals surface area contributed by atoms with Crippen molar-refractivity contribution >= 4 is 17.3 Å². The Morgan fingerprint density at radius 1 is 0.957 bits per heavy atom. The molecule has 1 amide bonds. The smallest absolute Gasteiger partial charge is 0.248 e. The Bertz CT molecular complexity index is 762. The van der Waals surface area contributed by atoms with Crippen molar-refractivity contribution in [3.05, 3.63) is 59.7 Å². The van der Waals surface area contributed by atoms with Gasteiger partial charge >= 0.3 is 0 Å². The lowest BCUT2D eigenvalue weighted by Gasteiger charge is -2.25. The Morgan fingerprint density at radius 3 is 2.13 bits per heavy atom. The van der Waals surface area contributed by atoms with Crippen LogP contribution in [0.4, 0.5) is 28.9 Å². The van der Waals surface area contributed by atoms with Gasteiger partial charge in [0, 0.05) is 18.1 Å². The third kappa shape index (κ3) is 3.28. The van der Waals surface area contributed by atoms with E-state index in [1.165, 1.54) is 0 Å². The van der Waals surface area contributed by atoms with Crippen molar-refractivity contribution in [2.24, 2.45) is 5.92 Å². The van der Waals surface area contributed by atoms with E-state index in [1.807, 2.05) is 0 Å². The van der Waals surface area contributed by atoms with E-state index in [9.17, 15) is 22.4 Å². The average molecular weight is 324 g/mol. The van der Waals surface area contributed by atoms with Crippen LogP contribution in [0, 0.1) is 29.2 Å². The molecule has 0 atom stereocenters. The quantitative estimate of drug-likeness (QED) is 0.681. The molecule has 2 aromatic carbocycles. The highest BCUT2D eigenvalue weighted by Crippen LogP contribution is 2.34. The van der Waals surface area contributed by atoms with E-state index in [4.69, 9.17) is 0 Å². The molecule has 0 heterocycles. The number of nitrogens with zero attached hydrogens (tertiary/aromatic N) is 1. The average Bonchev–Trinajstić information content (AvgIpc) is 3.31. The molecule has 1 aliphatic rings. The number of benzene rings is 2. The summed E-state index contributed by atoms with van der Waals surface area (Å²) < 4.78 is 53.8. The SMILES string of the molecule is O=C(C1CC1)N(Nc1ccc(F)cc1F)c1ccc(F)cc1F. The Labute approximate surface area is 129 Å². The summed E-state index contributed by atoms with van der Waals surface area (Å²) in [7, 11) is 0. The molecule has 0 spiro atoms. The fourth-order valence-corrected chi connectivity index (χ4v) is 2.11. The minimum Gasteiger partial charge on any atom is -0.288 e. The van der Waals surface area contributed by atoms with E-state index in [1.54, 1.807) is 0 Å². The predicted octanol–water partition coefficient (Wildman–Crippen LogP) is 4.01. The first-order valence-electron chi connectivity index (χ1n) is 6.96. The molecule has 0 unspecified atom stereocenters. The van der Waals surface area contributed by atoms with Gasteiger partial charge in [-0.25, -0.2) is 22.6 Å². The standard InChI is InChI=1S/C16H12F4N2O/c17-10-3-5-14(12(19)7-10)21-22(16(23)9-1-2-9)15-6-4-11(18)8-13(15)20/h3-9,21H,1-2H2. The van der Waals surface area contributed by atoms with Gasteiger partial charge in [0.1, 0.15) is 17.3 Å². The van der Waals surface area contributed by atoms with Crippen LogP contribution in [0.15, 0.2) is 36.4 Å². The summed E-state index contributed by atoms with van der Waals surface area (Å²) in [5.74, 6) is -4.22. The number of rotatable bonds is 4. The van der Waals surface area contributed by atoms with Gasteiger partial charge in [-0.05, 0) is 37.1 Å². The number of carbonyl (C=O) groups excluding carboxylic acids is 1. The number of hydrogen-bond acceptors (Lipinski definition) is 2. The van der Waals surface area contributed by atoms with Gasteiger partial charge in [-0.1, -0.05) is 0 Å². The second-order valence-corrected chi connectivity index (χ2v) is 5.28. The maximum absolute atomic E-state index is 14.0. The first-order valence-corrected chi connectivity index (χ1v) is 6.96. The fraction of sp³-hybridized carbons (Fsp3) is 0.188. The third-order valence-electron chi connectivity index (χ3n) is 3.46. The molecule has 23 heavy (non-hydrogen) atoms. The molecule has 7 heteroatoms. The number of hydrogen-bond donors (Lipinski definition) is 1. The molecule has 0 radical (unpaired) electrons. The van der Waals surface area contributed by atoms with Gasteiger partial charge in [-0.2, -0.15) is 0 Å². The molecular formula is C16H12F4N2O. The first-order chi connectivity index (χ1) is 11.0. The summed E-state index contributed by atoms with van der Waals surface area (Å²) in [6, 6.07) is 5.45. The van der Waals surface area contributed by atoms with E-state index < -0.39 is 29.2 Å². The Kier molecular flexibility index (Phi) is 3.94. The van der Waals surface area contributed by atoms with Crippen molar-refractivity contribution < 1.29 is 22.4 Å². The van der Waals surface area contributed by atoms with Gasteiger partial charge in [0.05, 0.1) is 5.69 Å². The molecule has 0 saturated heterocycles. The van der Waals surface area contributed by atoms with Crippen LogP contribution in [0.25, 0.3) is 0 Å². The number of amides is 1. The minimum absolute atomic E-state index is 0.191. The van der Waals surface area contributed by atoms with Crippen molar-refractivity contribution in [1.82, 2.24) is 0 Å². The Balaban J connectivity index is 1.96. The van der Waals surface area contributed by atoms with Crippen LogP contribution in [0.1, 0.15) is 12.8 Å². The van der Waals surface area contributed by atoms with E-state index >= 15 is 0 Å². The van der Waals surface area contributed by atoms with E-state index in [2.05, 4.69) is 5.43 Å². The van der Waals surface area contributed by atoms with Gasteiger partial charge in [-0.3, -0.25) is 10.2 Å². The van der Waals surface area contributed by atoms with Gasteiger partial charge < -0.3 is 0 Å². The molecule has 120 valence electrons. The number of hydrazine groups is 1. The molecule has 0 aliphatic heterocycles. The van der Waals surface area contributed by atoms with Crippen LogP contribution in [-0.2, 0) is 4.79 Å². The molecule has 1 saturated carbocycles. The fourth-order valence-electron chi connectivity index (χ4n) is 2.11. The second-order valence-electron chi connectivity index (χ2n) is 5.28. The summed E-state index contributed by atoms with van der Waals surface area (Å²) in [6.07, 6.45) is 1.29. The van der Waals surface area contributed by atoms with Crippen molar-refractivity contribution in [3.8, 4) is 0 Å². The maximum Gasteiger partial charge on any atom is 0.248 e.